The van der Waals surface area contributed by atoms with E-state index in [1.807, 2.05) is 0 Å². The molecule has 36 heavy (non-hydrogen) atoms. The smallest absolute Gasteiger partial charge is 0.407 e. The maximum atomic E-state index is 12.3. The van der Waals surface area contributed by atoms with Crippen LogP contribution in [0.4, 0.5) is 4.79 Å². The van der Waals surface area contributed by atoms with Gasteiger partial charge in [-0.05, 0) is 104 Å². The molecule has 0 bridgehead atoms. The number of carbonyl (C=O) groups excluding carboxylic acids is 1. The second-order valence-electron chi connectivity index (χ2n) is 14.0. The number of quaternary nitrogens is 1. The van der Waals surface area contributed by atoms with Crippen LogP contribution in [0, 0.1) is 46.3 Å². The summed E-state index contributed by atoms with van der Waals surface area (Å²) in [6, 6.07) is 0. The zero-order chi connectivity index (χ0) is 25.9. The SMILES string of the molecule is CC(C)CCCC(C)C1CCC2C3CC=C4CC(OC(=O)NCCCC[NH3+])CCC4(C)C3CCC12C. The molecule has 4 rings (SSSR count). The fourth-order valence-electron chi connectivity index (χ4n) is 9.44. The number of unbranched alkanes of at least 4 members (excludes halogenated alkanes) is 1. The first kappa shape index (κ1) is 28.0. The van der Waals surface area contributed by atoms with Crippen molar-refractivity contribution >= 4 is 6.09 Å². The van der Waals surface area contributed by atoms with Gasteiger partial charge >= 0.3 is 6.09 Å². The van der Waals surface area contributed by atoms with Gasteiger partial charge in [-0.3, -0.25) is 0 Å². The molecule has 4 N–H and O–H groups in total. The molecule has 3 saturated carbocycles. The molecule has 0 aromatic rings. The van der Waals surface area contributed by atoms with Crippen molar-refractivity contribution in [1.82, 2.24) is 5.32 Å². The third-order valence-corrected chi connectivity index (χ3v) is 11.5. The third kappa shape index (κ3) is 5.69. The molecule has 0 spiro atoms. The van der Waals surface area contributed by atoms with Crippen LogP contribution in [0.5, 0.6) is 0 Å². The van der Waals surface area contributed by atoms with Crippen LogP contribution in [-0.4, -0.2) is 25.3 Å². The second-order valence-corrected chi connectivity index (χ2v) is 14.0. The molecule has 0 aromatic heterocycles. The highest BCUT2D eigenvalue weighted by Gasteiger charge is 2.59. The Bertz CT molecular complexity index is 778. The van der Waals surface area contributed by atoms with Crippen molar-refractivity contribution in [2.75, 3.05) is 13.1 Å². The van der Waals surface area contributed by atoms with Crippen LogP contribution in [0.3, 0.4) is 0 Å². The van der Waals surface area contributed by atoms with Gasteiger partial charge < -0.3 is 15.8 Å². The van der Waals surface area contributed by atoms with Crippen LogP contribution in [0.25, 0.3) is 0 Å². The predicted molar refractivity (Wildman–Crippen MR) is 148 cm³/mol. The summed E-state index contributed by atoms with van der Waals surface area (Å²) in [5.74, 6) is 5.22. The van der Waals surface area contributed by atoms with Gasteiger partial charge in [0.05, 0.1) is 6.54 Å². The van der Waals surface area contributed by atoms with Crippen molar-refractivity contribution in [3.05, 3.63) is 11.6 Å². The number of alkyl carbamates (subject to hydrolysis) is 1. The van der Waals surface area contributed by atoms with E-state index in [-0.39, 0.29) is 12.2 Å². The highest BCUT2D eigenvalue weighted by Crippen LogP contribution is 2.67. The lowest BCUT2D eigenvalue weighted by Crippen LogP contribution is -2.51. The first-order valence-corrected chi connectivity index (χ1v) is 15.6. The molecule has 4 heteroatoms. The van der Waals surface area contributed by atoms with Crippen molar-refractivity contribution in [2.45, 2.75) is 124 Å². The van der Waals surface area contributed by atoms with E-state index in [0.29, 0.717) is 17.4 Å². The van der Waals surface area contributed by atoms with Crippen LogP contribution in [0.1, 0.15) is 118 Å². The van der Waals surface area contributed by atoms with Gasteiger partial charge in [-0.25, -0.2) is 4.79 Å². The summed E-state index contributed by atoms with van der Waals surface area (Å²) in [7, 11) is 0. The van der Waals surface area contributed by atoms with Crippen molar-refractivity contribution < 1.29 is 15.3 Å². The Morgan fingerprint density at radius 1 is 1.06 bits per heavy atom. The monoisotopic (exact) mass is 501 g/mol. The number of fused-ring (bicyclic) bond motifs is 5. The normalized spacial score (nSPS) is 38.5. The largest absolute Gasteiger partial charge is 0.446 e. The Morgan fingerprint density at radius 2 is 1.86 bits per heavy atom. The van der Waals surface area contributed by atoms with Gasteiger partial charge in [-0.15, -0.1) is 0 Å². The Morgan fingerprint density at radius 3 is 2.61 bits per heavy atom. The van der Waals surface area contributed by atoms with E-state index in [9.17, 15) is 4.79 Å². The Labute approximate surface area is 222 Å². The van der Waals surface area contributed by atoms with E-state index in [1.54, 1.807) is 5.57 Å². The van der Waals surface area contributed by atoms with Gasteiger partial charge in [0.1, 0.15) is 6.10 Å². The summed E-state index contributed by atoms with van der Waals surface area (Å²) < 4.78 is 5.87. The molecule has 8 unspecified atom stereocenters. The fraction of sp³-hybridized carbons (Fsp3) is 0.906. The minimum Gasteiger partial charge on any atom is -0.446 e. The van der Waals surface area contributed by atoms with Crippen molar-refractivity contribution in [2.24, 2.45) is 46.3 Å². The molecule has 4 aliphatic rings. The van der Waals surface area contributed by atoms with Gasteiger partial charge in [0, 0.05) is 13.0 Å². The Hall–Kier alpha value is -1.03. The van der Waals surface area contributed by atoms with Gasteiger partial charge in [-0.1, -0.05) is 65.5 Å². The third-order valence-electron chi connectivity index (χ3n) is 11.5. The summed E-state index contributed by atoms with van der Waals surface area (Å²) in [6.45, 7) is 14.2. The highest BCUT2D eigenvalue weighted by atomic mass is 16.6. The zero-order valence-corrected chi connectivity index (χ0v) is 24.2. The van der Waals surface area contributed by atoms with E-state index in [1.165, 1.54) is 57.8 Å². The molecular weight excluding hydrogens is 444 g/mol. The molecule has 4 aliphatic carbocycles. The van der Waals surface area contributed by atoms with Crippen molar-refractivity contribution in [3.63, 3.8) is 0 Å². The second kappa shape index (κ2) is 11.8. The van der Waals surface area contributed by atoms with E-state index in [0.717, 1.165) is 67.7 Å². The number of hydrogen-bond acceptors (Lipinski definition) is 2. The topological polar surface area (TPSA) is 66.0 Å². The standard InChI is InChI=1S/C32H56N2O2/c1-22(2)9-8-10-23(3)27-13-14-28-26-12-11-24-21-25(36-30(35)34-20-7-6-19-33)15-17-31(24,4)29(26)16-18-32(27,28)5/h11,22-23,25-29H,6-10,12-21,33H2,1-5H3,(H,34,35)/p+1. The van der Waals surface area contributed by atoms with Crippen molar-refractivity contribution in [1.29, 1.82) is 0 Å². The Balaban J connectivity index is 1.36. The number of nitrogens with one attached hydrogen (secondary N) is 1. The van der Waals surface area contributed by atoms with E-state index >= 15 is 0 Å². The van der Waals surface area contributed by atoms with Gasteiger partial charge in [-0.2, -0.15) is 0 Å². The van der Waals surface area contributed by atoms with E-state index in [4.69, 9.17) is 4.74 Å². The molecule has 206 valence electrons. The Kier molecular flexibility index (Phi) is 9.16. The maximum Gasteiger partial charge on any atom is 0.407 e. The van der Waals surface area contributed by atoms with Gasteiger partial charge in [0.2, 0.25) is 0 Å². The minimum absolute atomic E-state index is 0.0464. The average Bonchev–Trinajstić information content (AvgIpc) is 3.19. The van der Waals surface area contributed by atoms with Crippen LogP contribution in [0.15, 0.2) is 11.6 Å². The number of carbonyl (C=O) groups is 1. The number of ether oxygens (including phenoxy) is 1. The summed E-state index contributed by atoms with van der Waals surface area (Å²) in [5, 5.41) is 2.94. The van der Waals surface area contributed by atoms with Crippen LogP contribution < -0.4 is 11.1 Å². The van der Waals surface area contributed by atoms with Gasteiger partial charge in [0.15, 0.2) is 0 Å². The lowest BCUT2D eigenvalue weighted by atomic mass is 9.47. The van der Waals surface area contributed by atoms with E-state index in [2.05, 4.69) is 51.7 Å². The lowest BCUT2D eigenvalue weighted by Gasteiger charge is -2.58. The van der Waals surface area contributed by atoms with E-state index < -0.39 is 0 Å². The molecule has 8 atom stereocenters. The fourth-order valence-corrected chi connectivity index (χ4v) is 9.44. The first-order chi connectivity index (χ1) is 17.2. The quantitative estimate of drug-likeness (QED) is 0.247. The lowest BCUT2D eigenvalue weighted by molar-refractivity contribution is -0.368. The van der Waals surface area contributed by atoms with Crippen molar-refractivity contribution in [3.8, 4) is 0 Å². The zero-order valence-electron chi connectivity index (χ0n) is 24.2. The average molecular weight is 502 g/mol. The molecule has 0 aliphatic heterocycles. The number of allylic oxidation sites excluding steroid dienone is 1. The minimum atomic E-state index is -0.227. The summed E-state index contributed by atoms with van der Waals surface area (Å²) >= 11 is 0. The maximum absolute atomic E-state index is 12.3. The first-order valence-electron chi connectivity index (χ1n) is 15.6. The number of amides is 1. The highest BCUT2D eigenvalue weighted by molar-refractivity contribution is 5.67. The summed E-state index contributed by atoms with van der Waals surface area (Å²) in [6.07, 6.45) is 18.8. The molecule has 0 saturated heterocycles. The molecule has 4 nitrogen and oxygen atoms in total. The molecule has 3 fully saturated rings. The predicted octanol–water partition coefficient (Wildman–Crippen LogP) is 7.14. The molecule has 0 heterocycles. The molecule has 0 radical (unpaired) electrons. The number of hydrogen-bond donors (Lipinski definition) is 2. The molecular formula is C32H57N2O2+. The summed E-state index contributed by atoms with van der Waals surface area (Å²) in [4.78, 5) is 12.3. The molecule has 0 aromatic carbocycles. The van der Waals surface area contributed by atoms with Crippen LogP contribution in [0.2, 0.25) is 0 Å². The van der Waals surface area contributed by atoms with Gasteiger partial charge in [0.25, 0.3) is 0 Å². The van der Waals surface area contributed by atoms with Crippen LogP contribution >= 0.6 is 0 Å². The summed E-state index contributed by atoms with van der Waals surface area (Å²) in [5.41, 5.74) is 6.33. The van der Waals surface area contributed by atoms with Crippen LogP contribution in [-0.2, 0) is 4.74 Å². The molecule has 1 amide bonds. The number of rotatable bonds is 10.